The van der Waals surface area contributed by atoms with Crippen LogP contribution in [-0.4, -0.2) is 43.5 Å². The number of H-pyrrole nitrogens is 1. The number of aliphatic carboxylic acids is 1. The van der Waals surface area contributed by atoms with Gasteiger partial charge in [0.1, 0.15) is 12.2 Å². The fourth-order valence-electron chi connectivity index (χ4n) is 4.36. The first-order chi connectivity index (χ1) is 17.5. The summed E-state index contributed by atoms with van der Waals surface area (Å²) in [6, 6.07) is 15.5. The Morgan fingerprint density at radius 1 is 0.946 bits per heavy atom. The van der Waals surface area contributed by atoms with Gasteiger partial charge in [-0.2, -0.15) is 0 Å². The molecule has 1 aliphatic heterocycles. The van der Waals surface area contributed by atoms with Crippen molar-refractivity contribution in [2.24, 2.45) is 0 Å². The van der Waals surface area contributed by atoms with Gasteiger partial charge in [-0.05, 0) is 72.6 Å². The fraction of sp³-hybridized carbons (Fsp3) is 0.120. The van der Waals surface area contributed by atoms with E-state index in [2.05, 4.69) is 4.98 Å². The maximum Gasteiger partial charge on any atom is 0.324 e. The number of aromatic nitrogens is 1. The number of nitrogens with one attached hydrogen (secondary N) is 1. The van der Waals surface area contributed by atoms with E-state index in [4.69, 9.17) is 34.8 Å². The molecule has 0 saturated carbocycles. The molecule has 5 rings (SSSR count). The second-order valence-electron chi connectivity index (χ2n) is 8.44. The number of rotatable bonds is 6. The Labute approximate surface area is 227 Å². The minimum atomic E-state index is -4.32. The number of hydrogen-bond donors (Lipinski definition) is 2. The van der Waals surface area contributed by atoms with E-state index >= 15 is 0 Å². The Hall–Kier alpha value is -3.24. The fourth-order valence-corrected chi connectivity index (χ4v) is 6.67. The second-order valence-corrected chi connectivity index (χ2v) is 11.6. The first-order valence-corrected chi connectivity index (χ1v) is 13.5. The number of benzene rings is 3. The van der Waals surface area contributed by atoms with Gasteiger partial charge in [0.05, 0.1) is 10.6 Å². The van der Waals surface area contributed by atoms with Crippen molar-refractivity contribution < 1.29 is 23.1 Å². The third-order valence-corrected chi connectivity index (χ3v) is 8.43. The van der Waals surface area contributed by atoms with Crippen molar-refractivity contribution in [1.82, 2.24) is 4.98 Å². The number of aromatic amines is 1. The molecule has 12 heteroatoms. The van der Waals surface area contributed by atoms with Crippen molar-refractivity contribution in [2.45, 2.75) is 11.3 Å². The number of fused-ring (bicyclic) bond motifs is 2. The molecular weight excluding hydrogens is 561 g/mol. The molecule has 0 unspecified atom stereocenters. The van der Waals surface area contributed by atoms with Gasteiger partial charge in [-0.15, -0.1) is 0 Å². The lowest BCUT2D eigenvalue weighted by molar-refractivity contribution is -0.135. The summed E-state index contributed by atoms with van der Waals surface area (Å²) in [7, 11) is -4.32. The van der Waals surface area contributed by atoms with Crippen LogP contribution < -0.4 is 9.21 Å². The maximum atomic E-state index is 13.4. The van der Waals surface area contributed by atoms with Crippen LogP contribution >= 0.6 is 34.8 Å². The number of hydrogen-bond acceptors (Lipinski definition) is 4. The highest BCUT2D eigenvalue weighted by atomic mass is 35.5. The van der Waals surface area contributed by atoms with Crippen molar-refractivity contribution in [1.29, 1.82) is 0 Å². The highest BCUT2D eigenvalue weighted by Crippen LogP contribution is 2.35. The van der Waals surface area contributed by atoms with Crippen LogP contribution in [-0.2, 0) is 21.2 Å². The summed E-state index contributed by atoms with van der Waals surface area (Å²) in [6.45, 7) is -0.436. The lowest BCUT2D eigenvalue weighted by atomic mass is 10.1. The average Bonchev–Trinajstić information content (AvgIpc) is 3.44. The molecule has 1 aliphatic rings. The molecule has 2 heterocycles. The van der Waals surface area contributed by atoms with Crippen LogP contribution in [0.2, 0.25) is 15.1 Å². The van der Waals surface area contributed by atoms with E-state index in [9.17, 15) is 23.1 Å². The normalized spacial score (nSPS) is 13.1. The molecule has 37 heavy (non-hydrogen) atoms. The van der Waals surface area contributed by atoms with Crippen LogP contribution in [0.4, 0.5) is 11.4 Å². The zero-order chi connectivity index (χ0) is 26.5. The zero-order valence-corrected chi connectivity index (χ0v) is 22.0. The molecule has 8 nitrogen and oxygen atoms in total. The number of carboxylic acids is 1. The van der Waals surface area contributed by atoms with Gasteiger partial charge in [-0.25, -0.2) is 8.42 Å². The molecule has 4 aromatic rings. The summed E-state index contributed by atoms with van der Waals surface area (Å²) in [5.41, 5.74) is 2.63. The van der Waals surface area contributed by atoms with Crippen LogP contribution in [0, 0.1) is 0 Å². The minimum Gasteiger partial charge on any atom is -0.480 e. The molecule has 0 aliphatic carbocycles. The van der Waals surface area contributed by atoms with Crippen LogP contribution in [0.25, 0.3) is 10.9 Å². The van der Waals surface area contributed by atoms with Gasteiger partial charge in [-0.3, -0.25) is 13.9 Å². The smallest absolute Gasteiger partial charge is 0.324 e. The second kappa shape index (κ2) is 9.57. The van der Waals surface area contributed by atoms with Crippen LogP contribution in [0.1, 0.15) is 16.1 Å². The Morgan fingerprint density at radius 2 is 1.68 bits per heavy atom. The number of carbonyl (C=O) groups excluding carboxylic acids is 1. The SMILES string of the molecule is O=C(O)CN(c1ccc2c(c1)CCN2C(=O)c1cc2cc(Cl)ccc2[nH]1)S(=O)(=O)c1cc(Cl)cc(Cl)c1. The number of sulfonamides is 1. The van der Waals surface area contributed by atoms with Crippen molar-refractivity contribution in [3.63, 3.8) is 0 Å². The van der Waals surface area contributed by atoms with E-state index in [1.165, 1.54) is 24.3 Å². The maximum absolute atomic E-state index is 13.4. The van der Waals surface area contributed by atoms with Crippen LogP contribution in [0.15, 0.2) is 65.6 Å². The summed E-state index contributed by atoms with van der Waals surface area (Å²) >= 11 is 18.0. The summed E-state index contributed by atoms with van der Waals surface area (Å²) < 4.78 is 27.6. The quantitative estimate of drug-likeness (QED) is 0.309. The predicted octanol–water partition coefficient (Wildman–Crippen LogP) is 5.61. The van der Waals surface area contributed by atoms with Gasteiger partial charge < -0.3 is 15.0 Å². The minimum absolute atomic E-state index is 0.101. The molecule has 2 N–H and O–H groups in total. The van der Waals surface area contributed by atoms with E-state index in [1.54, 1.807) is 41.3 Å². The van der Waals surface area contributed by atoms with E-state index in [1.807, 2.05) is 0 Å². The molecule has 0 bridgehead atoms. The highest BCUT2D eigenvalue weighted by Gasteiger charge is 2.31. The highest BCUT2D eigenvalue weighted by molar-refractivity contribution is 7.92. The molecule has 1 aromatic heterocycles. The van der Waals surface area contributed by atoms with E-state index in [0.29, 0.717) is 34.9 Å². The lowest BCUT2D eigenvalue weighted by Crippen LogP contribution is -2.35. The molecular formula is C25H18Cl3N3O5S. The van der Waals surface area contributed by atoms with Crippen molar-refractivity contribution >= 4 is 79.0 Å². The Morgan fingerprint density at radius 3 is 2.38 bits per heavy atom. The van der Waals surface area contributed by atoms with Gasteiger partial charge in [0, 0.05) is 38.2 Å². The van der Waals surface area contributed by atoms with Gasteiger partial charge in [0.25, 0.3) is 15.9 Å². The average molecular weight is 579 g/mol. The number of halogens is 3. The van der Waals surface area contributed by atoms with Gasteiger partial charge in [0.15, 0.2) is 0 Å². The molecule has 1 amide bonds. The Bertz CT molecular complexity index is 1670. The Kier molecular flexibility index (Phi) is 6.57. The summed E-state index contributed by atoms with van der Waals surface area (Å²) in [5, 5.41) is 11.0. The standard InChI is InChI=1S/C25H18Cl3N3O5S/c26-16-1-3-21-15(7-16)9-22(29-21)25(34)30-6-5-14-8-19(2-4-23(14)30)31(13-24(32)33)37(35,36)20-11-17(27)10-18(28)12-20/h1-4,7-12,29H,5-6,13H2,(H,32,33). The largest absolute Gasteiger partial charge is 0.480 e. The molecule has 0 saturated heterocycles. The molecule has 0 spiro atoms. The van der Waals surface area contributed by atoms with Gasteiger partial charge in [0.2, 0.25) is 0 Å². The molecule has 190 valence electrons. The van der Waals surface area contributed by atoms with Gasteiger partial charge in [-0.1, -0.05) is 34.8 Å². The van der Waals surface area contributed by atoms with E-state index in [-0.39, 0.29) is 26.5 Å². The topological polar surface area (TPSA) is 111 Å². The summed E-state index contributed by atoms with van der Waals surface area (Å²) in [5.74, 6) is -1.59. The van der Waals surface area contributed by atoms with Gasteiger partial charge >= 0.3 is 5.97 Å². The predicted molar refractivity (Wildman–Crippen MR) is 144 cm³/mol. The molecule has 0 fully saturated rings. The van der Waals surface area contributed by atoms with E-state index in [0.717, 1.165) is 15.2 Å². The zero-order valence-electron chi connectivity index (χ0n) is 18.9. The molecule has 3 aromatic carbocycles. The number of anilines is 2. The number of nitrogens with zero attached hydrogens (tertiary/aromatic N) is 2. The third-order valence-electron chi connectivity index (χ3n) is 6.01. The van der Waals surface area contributed by atoms with Crippen LogP contribution in [0.5, 0.6) is 0 Å². The monoisotopic (exact) mass is 577 g/mol. The Balaban J connectivity index is 1.49. The lowest BCUT2D eigenvalue weighted by Gasteiger charge is -2.24. The van der Waals surface area contributed by atoms with E-state index < -0.39 is 22.5 Å². The van der Waals surface area contributed by atoms with Crippen molar-refractivity contribution in [3.05, 3.63) is 87.0 Å². The molecule has 0 radical (unpaired) electrons. The van der Waals surface area contributed by atoms with Crippen molar-refractivity contribution in [3.8, 4) is 0 Å². The van der Waals surface area contributed by atoms with Crippen LogP contribution in [0.3, 0.4) is 0 Å². The number of carbonyl (C=O) groups is 2. The number of amides is 1. The third kappa shape index (κ3) is 4.87. The first kappa shape index (κ1) is 25.4. The first-order valence-electron chi connectivity index (χ1n) is 11.0. The summed E-state index contributed by atoms with van der Waals surface area (Å²) in [4.78, 5) is 29.4. The van der Waals surface area contributed by atoms with Crippen molar-refractivity contribution in [2.75, 3.05) is 22.3 Å². The molecule has 0 atom stereocenters. The summed E-state index contributed by atoms with van der Waals surface area (Å²) in [6.07, 6.45) is 0.463. The number of carboxylic acid groups (broad SMARTS) is 1.